The fraction of sp³-hybridized carbons (Fsp3) is 0.222. The molecule has 0 aromatic heterocycles. The molecule has 0 saturated heterocycles. The molecule has 1 aromatic carbocycles. The highest BCUT2D eigenvalue weighted by Crippen LogP contribution is 2.22. The summed E-state index contributed by atoms with van der Waals surface area (Å²) in [6, 6.07) is 4.38. The minimum absolute atomic E-state index is 0. The van der Waals surface area contributed by atoms with Crippen molar-refractivity contribution in [3.05, 3.63) is 23.8 Å². The third-order valence-electron chi connectivity index (χ3n) is 1.56. The summed E-state index contributed by atoms with van der Waals surface area (Å²) < 4.78 is 5.14. The van der Waals surface area contributed by atoms with Crippen LogP contribution >= 0.6 is 12.4 Å². The topological polar surface area (TPSA) is 72.5 Å². The van der Waals surface area contributed by atoms with Gasteiger partial charge in [0.25, 0.3) is 0 Å². The van der Waals surface area contributed by atoms with Crippen molar-refractivity contribution >= 4 is 24.1 Å². The number of hydrogen-bond acceptors (Lipinski definition) is 3. The number of anilines is 1. The van der Waals surface area contributed by atoms with Crippen molar-refractivity contribution < 1.29 is 14.6 Å². The van der Waals surface area contributed by atoms with Crippen LogP contribution in [0.4, 0.5) is 5.69 Å². The molecule has 3 N–H and O–H groups in total. The minimum atomic E-state index is -0.985. The van der Waals surface area contributed by atoms with E-state index in [1.54, 1.807) is 0 Å². The van der Waals surface area contributed by atoms with Crippen LogP contribution in [0.1, 0.15) is 17.3 Å². The number of rotatable bonds is 3. The van der Waals surface area contributed by atoms with Crippen LogP contribution < -0.4 is 10.5 Å². The second-order valence-electron chi connectivity index (χ2n) is 2.49. The first kappa shape index (κ1) is 12.6. The van der Waals surface area contributed by atoms with Crippen LogP contribution in [0.15, 0.2) is 18.2 Å². The Morgan fingerprint density at radius 3 is 2.71 bits per heavy atom. The van der Waals surface area contributed by atoms with Crippen molar-refractivity contribution in [1.82, 2.24) is 0 Å². The number of hydrogen-bond donors (Lipinski definition) is 2. The number of ether oxygens (including phenoxy) is 1. The average molecular weight is 218 g/mol. The summed E-state index contributed by atoms with van der Waals surface area (Å²) in [4.78, 5) is 10.6. The molecular formula is C9H12ClNO3. The maximum absolute atomic E-state index is 10.6. The van der Waals surface area contributed by atoms with Gasteiger partial charge in [-0.1, -0.05) is 0 Å². The molecule has 0 spiro atoms. The Labute approximate surface area is 88.1 Å². The van der Waals surface area contributed by atoms with E-state index in [2.05, 4.69) is 0 Å². The molecule has 4 nitrogen and oxygen atoms in total. The fourth-order valence-electron chi connectivity index (χ4n) is 0.948. The van der Waals surface area contributed by atoms with Gasteiger partial charge in [-0.05, 0) is 25.1 Å². The zero-order valence-electron chi connectivity index (χ0n) is 7.69. The van der Waals surface area contributed by atoms with E-state index in [0.29, 0.717) is 18.0 Å². The second-order valence-corrected chi connectivity index (χ2v) is 2.49. The maximum atomic E-state index is 10.6. The molecule has 0 fully saturated rings. The van der Waals surface area contributed by atoms with E-state index in [4.69, 9.17) is 15.6 Å². The van der Waals surface area contributed by atoms with Crippen LogP contribution in [-0.2, 0) is 0 Å². The molecule has 0 aliphatic carbocycles. The first-order valence-electron chi connectivity index (χ1n) is 3.90. The average Bonchev–Trinajstić information content (AvgIpc) is 2.08. The number of halogens is 1. The first-order chi connectivity index (χ1) is 6.15. The van der Waals surface area contributed by atoms with E-state index in [1.807, 2.05) is 6.92 Å². The quantitative estimate of drug-likeness (QED) is 0.758. The number of carboxylic acid groups (broad SMARTS) is 1. The van der Waals surface area contributed by atoms with Crippen LogP contribution in [0.25, 0.3) is 0 Å². The molecule has 0 unspecified atom stereocenters. The summed E-state index contributed by atoms with van der Waals surface area (Å²) in [5, 5.41) is 8.67. The first-order valence-corrected chi connectivity index (χ1v) is 3.90. The summed E-state index contributed by atoms with van der Waals surface area (Å²) in [7, 11) is 0. The standard InChI is InChI=1S/C9H11NO3.ClH/c1-2-13-8-5-6(9(11)12)3-4-7(8)10;/h3-5H,2,10H2,1H3,(H,11,12);1H. The lowest BCUT2D eigenvalue weighted by Gasteiger charge is -2.06. The van der Waals surface area contributed by atoms with Crippen LogP contribution in [0, 0.1) is 0 Å². The Bertz CT molecular complexity index is 328. The zero-order valence-corrected chi connectivity index (χ0v) is 8.50. The van der Waals surface area contributed by atoms with Crippen LogP contribution in [-0.4, -0.2) is 17.7 Å². The van der Waals surface area contributed by atoms with Crippen LogP contribution in [0.5, 0.6) is 5.75 Å². The molecule has 1 aromatic rings. The number of aromatic carboxylic acids is 1. The van der Waals surface area contributed by atoms with Gasteiger partial charge in [-0.2, -0.15) is 0 Å². The fourth-order valence-corrected chi connectivity index (χ4v) is 0.948. The van der Waals surface area contributed by atoms with Gasteiger partial charge in [0.1, 0.15) is 5.75 Å². The number of nitrogens with two attached hydrogens (primary N) is 1. The van der Waals surface area contributed by atoms with E-state index in [1.165, 1.54) is 18.2 Å². The van der Waals surface area contributed by atoms with Gasteiger partial charge >= 0.3 is 5.97 Å². The van der Waals surface area contributed by atoms with E-state index in [9.17, 15) is 4.79 Å². The highest BCUT2D eigenvalue weighted by atomic mass is 35.5. The van der Waals surface area contributed by atoms with E-state index in [0.717, 1.165) is 0 Å². The van der Waals surface area contributed by atoms with Crippen LogP contribution in [0.3, 0.4) is 0 Å². The number of carbonyl (C=O) groups is 1. The number of benzene rings is 1. The van der Waals surface area contributed by atoms with Gasteiger partial charge in [0.15, 0.2) is 0 Å². The smallest absolute Gasteiger partial charge is 0.335 e. The normalized spacial score (nSPS) is 8.93. The third-order valence-corrected chi connectivity index (χ3v) is 1.56. The van der Waals surface area contributed by atoms with Gasteiger partial charge in [0.2, 0.25) is 0 Å². The van der Waals surface area contributed by atoms with Gasteiger partial charge in [0, 0.05) is 0 Å². The number of carboxylic acids is 1. The Hall–Kier alpha value is -1.42. The Morgan fingerprint density at radius 1 is 1.57 bits per heavy atom. The SMILES string of the molecule is CCOc1cc(C(=O)O)ccc1N.Cl. The molecule has 0 radical (unpaired) electrons. The molecule has 0 saturated carbocycles. The molecule has 78 valence electrons. The van der Waals surface area contributed by atoms with Crippen molar-refractivity contribution in [2.24, 2.45) is 0 Å². The predicted octanol–water partition coefficient (Wildman–Crippen LogP) is 1.79. The second kappa shape index (κ2) is 5.34. The Balaban J connectivity index is 0.00000169. The molecule has 0 atom stereocenters. The highest BCUT2D eigenvalue weighted by Gasteiger charge is 2.06. The molecule has 14 heavy (non-hydrogen) atoms. The van der Waals surface area contributed by atoms with Crippen molar-refractivity contribution in [1.29, 1.82) is 0 Å². The monoisotopic (exact) mass is 217 g/mol. The van der Waals surface area contributed by atoms with Crippen molar-refractivity contribution in [3.63, 3.8) is 0 Å². The maximum Gasteiger partial charge on any atom is 0.335 e. The lowest BCUT2D eigenvalue weighted by Crippen LogP contribution is -2.01. The van der Waals surface area contributed by atoms with E-state index >= 15 is 0 Å². The minimum Gasteiger partial charge on any atom is -0.492 e. The van der Waals surface area contributed by atoms with Gasteiger partial charge in [0.05, 0.1) is 17.9 Å². The molecular weight excluding hydrogens is 206 g/mol. The molecule has 0 amide bonds. The summed E-state index contributed by atoms with van der Waals surface area (Å²) in [5.41, 5.74) is 6.19. The van der Waals surface area contributed by atoms with E-state index in [-0.39, 0.29) is 18.0 Å². The van der Waals surface area contributed by atoms with Crippen molar-refractivity contribution in [3.8, 4) is 5.75 Å². The summed E-state index contributed by atoms with van der Waals surface area (Å²) in [5.74, 6) is -0.566. The van der Waals surface area contributed by atoms with Gasteiger partial charge in [-0.25, -0.2) is 4.79 Å². The molecule has 0 aliphatic rings. The summed E-state index contributed by atoms with van der Waals surface area (Å²) >= 11 is 0. The summed E-state index contributed by atoms with van der Waals surface area (Å²) in [6.45, 7) is 2.28. The molecule has 5 heteroatoms. The largest absolute Gasteiger partial charge is 0.492 e. The lowest BCUT2D eigenvalue weighted by atomic mass is 10.2. The van der Waals surface area contributed by atoms with Gasteiger partial charge < -0.3 is 15.6 Å². The number of nitrogen functional groups attached to an aromatic ring is 1. The lowest BCUT2D eigenvalue weighted by molar-refractivity contribution is 0.0696. The van der Waals surface area contributed by atoms with E-state index < -0.39 is 5.97 Å². The molecule has 1 rings (SSSR count). The predicted molar refractivity (Wildman–Crippen MR) is 56.2 cm³/mol. The molecule has 0 bridgehead atoms. The zero-order chi connectivity index (χ0) is 9.84. The summed E-state index contributed by atoms with van der Waals surface area (Å²) in [6.07, 6.45) is 0. The van der Waals surface area contributed by atoms with Crippen molar-refractivity contribution in [2.75, 3.05) is 12.3 Å². The van der Waals surface area contributed by atoms with Crippen LogP contribution in [0.2, 0.25) is 0 Å². The Morgan fingerprint density at radius 2 is 2.21 bits per heavy atom. The molecule has 0 aliphatic heterocycles. The third kappa shape index (κ3) is 2.81. The van der Waals surface area contributed by atoms with Gasteiger partial charge in [-0.15, -0.1) is 12.4 Å². The van der Waals surface area contributed by atoms with Gasteiger partial charge in [-0.3, -0.25) is 0 Å². The highest BCUT2D eigenvalue weighted by molar-refractivity contribution is 5.89. The van der Waals surface area contributed by atoms with Crippen molar-refractivity contribution in [2.45, 2.75) is 6.92 Å². The molecule has 0 heterocycles. The Kier molecular flexibility index (Phi) is 4.80.